The molecule has 0 unspecified atom stereocenters. The van der Waals surface area contributed by atoms with E-state index in [0.29, 0.717) is 22.0 Å². The van der Waals surface area contributed by atoms with E-state index in [-0.39, 0.29) is 5.69 Å². The number of pyridine rings is 1. The number of rotatable bonds is 3. The summed E-state index contributed by atoms with van der Waals surface area (Å²) in [5, 5.41) is 13.9. The lowest BCUT2D eigenvalue weighted by molar-refractivity contribution is 0.0690. The summed E-state index contributed by atoms with van der Waals surface area (Å²) in [6.45, 7) is 0.728. The molecular formula is C13H12ClN3O3. The number of carboxylic acids is 1. The third-order valence-corrected chi connectivity index (χ3v) is 3.53. The van der Waals surface area contributed by atoms with Crippen molar-refractivity contribution in [3.8, 4) is 17.0 Å². The molecule has 0 bridgehead atoms. The number of methoxy groups -OCH3 is 1. The Morgan fingerprint density at radius 2 is 2.35 bits per heavy atom. The Morgan fingerprint density at radius 1 is 1.55 bits per heavy atom. The fraction of sp³-hybridized carbons (Fsp3) is 0.308. The van der Waals surface area contributed by atoms with Crippen LogP contribution < -0.4 is 4.74 Å². The van der Waals surface area contributed by atoms with Crippen LogP contribution in [0.3, 0.4) is 0 Å². The second-order valence-corrected chi connectivity index (χ2v) is 4.95. The highest BCUT2D eigenvalue weighted by Crippen LogP contribution is 2.37. The average molecular weight is 294 g/mol. The number of hydrogen-bond acceptors (Lipinski definition) is 4. The number of hydrogen-bond donors (Lipinski definition) is 1. The summed E-state index contributed by atoms with van der Waals surface area (Å²) in [5.74, 6) is -0.719. The van der Waals surface area contributed by atoms with Gasteiger partial charge in [-0.15, -0.1) is 0 Å². The summed E-state index contributed by atoms with van der Waals surface area (Å²) in [5.41, 5.74) is 2.04. The molecule has 0 spiro atoms. The molecule has 0 aliphatic carbocycles. The zero-order chi connectivity index (χ0) is 14.3. The van der Waals surface area contributed by atoms with Crippen molar-refractivity contribution in [2.75, 3.05) is 7.11 Å². The maximum Gasteiger partial charge on any atom is 0.357 e. The fourth-order valence-corrected chi connectivity index (χ4v) is 2.69. The van der Waals surface area contributed by atoms with Crippen LogP contribution in [0.15, 0.2) is 12.3 Å². The van der Waals surface area contributed by atoms with E-state index in [1.54, 1.807) is 10.7 Å². The number of aryl methyl sites for hydroxylation is 1. The number of ether oxygens (including phenoxy) is 1. The SMILES string of the molecule is COc1ncc(Cl)cc1-c1c(C(=O)O)nn2c1CCC2. The van der Waals surface area contributed by atoms with Gasteiger partial charge in [0.05, 0.1) is 12.1 Å². The fourth-order valence-electron chi connectivity index (χ4n) is 2.53. The largest absolute Gasteiger partial charge is 0.481 e. The molecule has 1 N–H and O–H groups in total. The van der Waals surface area contributed by atoms with Gasteiger partial charge in [0.2, 0.25) is 5.88 Å². The van der Waals surface area contributed by atoms with E-state index < -0.39 is 5.97 Å². The molecule has 1 aliphatic rings. The van der Waals surface area contributed by atoms with Crippen LogP contribution in [0.1, 0.15) is 22.6 Å². The number of carboxylic acid groups (broad SMARTS) is 1. The third-order valence-electron chi connectivity index (χ3n) is 3.32. The van der Waals surface area contributed by atoms with E-state index in [0.717, 1.165) is 25.1 Å². The highest BCUT2D eigenvalue weighted by Gasteiger charge is 2.28. The molecule has 0 saturated carbocycles. The first-order valence-electron chi connectivity index (χ1n) is 6.14. The van der Waals surface area contributed by atoms with Crippen LogP contribution in [0.4, 0.5) is 0 Å². The maximum absolute atomic E-state index is 11.4. The van der Waals surface area contributed by atoms with Gasteiger partial charge in [0.1, 0.15) is 0 Å². The van der Waals surface area contributed by atoms with Gasteiger partial charge >= 0.3 is 5.97 Å². The van der Waals surface area contributed by atoms with E-state index in [9.17, 15) is 9.90 Å². The van der Waals surface area contributed by atoms with Gasteiger partial charge < -0.3 is 9.84 Å². The number of aromatic carboxylic acids is 1. The molecule has 1 aliphatic heterocycles. The first kappa shape index (κ1) is 12.9. The van der Waals surface area contributed by atoms with Crippen molar-refractivity contribution in [1.82, 2.24) is 14.8 Å². The van der Waals surface area contributed by atoms with Gasteiger partial charge in [-0.25, -0.2) is 9.78 Å². The van der Waals surface area contributed by atoms with Crippen molar-refractivity contribution in [2.45, 2.75) is 19.4 Å². The molecule has 6 nitrogen and oxygen atoms in total. The van der Waals surface area contributed by atoms with E-state index in [4.69, 9.17) is 16.3 Å². The lowest BCUT2D eigenvalue weighted by Gasteiger charge is -2.08. The predicted molar refractivity (Wildman–Crippen MR) is 72.3 cm³/mol. The molecule has 2 aromatic rings. The Kier molecular flexibility index (Phi) is 3.10. The number of halogens is 1. The predicted octanol–water partition coefficient (Wildman–Crippen LogP) is 2.25. The monoisotopic (exact) mass is 293 g/mol. The Bertz CT molecular complexity index is 696. The molecule has 2 aromatic heterocycles. The average Bonchev–Trinajstić information content (AvgIpc) is 2.98. The molecule has 3 rings (SSSR count). The number of nitrogens with zero attached hydrogens (tertiary/aromatic N) is 3. The normalized spacial score (nSPS) is 13.3. The van der Waals surface area contributed by atoms with Crippen LogP contribution in [0.25, 0.3) is 11.1 Å². The van der Waals surface area contributed by atoms with Crippen LogP contribution >= 0.6 is 11.6 Å². The minimum absolute atomic E-state index is 0.0158. The van der Waals surface area contributed by atoms with Crippen molar-refractivity contribution in [3.63, 3.8) is 0 Å². The van der Waals surface area contributed by atoms with Gasteiger partial charge in [0, 0.05) is 29.6 Å². The Labute approximate surface area is 120 Å². The summed E-state index contributed by atoms with van der Waals surface area (Å²) in [7, 11) is 1.49. The van der Waals surface area contributed by atoms with Gasteiger partial charge in [-0.3, -0.25) is 4.68 Å². The third kappa shape index (κ3) is 1.92. The van der Waals surface area contributed by atoms with Gasteiger partial charge in [0.25, 0.3) is 0 Å². The van der Waals surface area contributed by atoms with Crippen LogP contribution in [-0.2, 0) is 13.0 Å². The molecule has 0 atom stereocenters. The standard InChI is InChI=1S/C13H12ClN3O3/c1-20-12-8(5-7(14)6-15-12)10-9-3-2-4-17(9)16-11(10)13(18)19/h5-6H,2-4H2,1H3,(H,18,19). The topological polar surface area (TPSA) is 77.2 Å². The summed E-state index contributed by atoms with van der Waals surface area (Å²) >= 11 is 5.98. The molecule has 0 radical (unpaired) electrons. The molecular weight excluding hydrogens is 282 g/mol. The van der Waals surface area contributed by atoms with Crippen molar-refractivity contribution in [1.29, 1.82) is 0 Å². The van der Waals surface area contributed by atoms with Crippen molar-refractivity contribution < 1.29 is 14.6 Å². The quantitative estimate of drug-likeness (QED) is 0.939. The van der Waals surface area contributed by atoms with Crippen molar-refractivity contribution >= 4 is 17.6 Å². The first-order chi connectivity index (χ1) is 9.61. The Balaban J connectivity index is 2.29. The molecule has 104 valence electrons. The second kappa shape index (κ2) is 4.79. The van der Waals surface area contributed by atoms with Crippen LogP contribution in [0, 0.1) is 0 Å². The Morgan fingerprint density at radius 3 is 3.05 bits per heavy atom. The highest BCUT2D eigenvalue weighted by molar-refractivity contribution is 6.30. The van der Waals surface area contributed by atoms with Gasteiger partial charge in [-0.1, -0.05) is 11.6 Å². The molecule has 0 fully saturated rings. The first-order valence-corrected chi connectivity index (χ1v) is 6.52. The Hall–Kier alpha value is -2.08. The summed E-state index contributed by atoms with van der Waals surface area (Å²) < 4.78 is 6.95. The summed E-state index contributed by atoms with van der Waals surface area (Å²) in [6, 6.07) is 1.66. The molecule has 0 saturated heterocycles. The minimum atomic E-state index is -1.07. The molecule has 3 heterocycles. The van der Waals surface area contributed by atoms with Crippen LogP contribution in [0.5, 0.6) is 5.88 Å². The van der Waals surface area contributed by atoms with Crippen molar-refractivity contribution in [2.24, 2.45) is 0 Å². The second-order valence-electron chi connectivity index (χ2n) is 4.51. The molecule has 0 aromatic carbocycles. The van der Waals surface area contributed by atoms with E-state index in [1.165, 1.54) is 13.3 Å². The highest BCUT2D eigenvalue weighted by atomic mass is 35.5. The molecule has 0 amide bonds. The van der Waals surface area contributed by atoms with E-state index in [2.05, 4.69) is 10.1 Å². The summed E-state index contributed by atoms with van der Waals surface area (Å²) in [6.07, 6.45) is 3.20. The smallest absolute Gasteiger partial charge is 0.357 e. The van der Waals surface area contributed by atoms with Crippen molar-refractivity contribution in [3.05, 3.63) is 28.7 Å². The number of fused-ring (bicyclic) bond motifs is 1. The number of aromatic nitrogens is 3. The van der Waals surface area contributed by atoms with Crippen LogP contribution in [-0.4, -0.2) is 33.0 Å². The zero-order valence-electron chi connectivity index (χ0n) is 10.8. The lowest BCUT2D eigenvalue weighted by Crippen LogP contribution is -2.03. The number of carbonyl (C=O) groups is 1. The molecule has 20 heavy (non-hydrogen) atoms. The van der Waals surface area contributed by atoms with E-state index in [1.807, 2.05) is 0 Å². The lowest BCUT2D eigenvalue weighted by atomic mass is 10.0. The minimum Gasteiger partial charge on any atom is -0.481 e. The van der Waals surface area contributed by atoms with Gasteiger partial charge in [-0.05, 0) is 18.9 Å². The maximum atomic E-state index is 11.4. The van der Waals surface area contributed by atoms with Gasteiger partial charge in [-0.2, -0.15) is 5.10 Å². The van der Waals surface area contributed by atoms with Gasteiger partial charge in [0.15, 0.2) is 5.69 Å². The molecule has 7 heteroatoms. The zero-order valence-corrected chi connectivity index (χ0v) is 11.5. The van der Waals surface area contributed by atoms with E-state index >= 15 is 0 Å². The van der Waals surface area contributed by atoms with Crippen LogP contribution in [0.2, 0.25) is 5.02 Å². The summed E-state index contributed by atoms with van der Waals surface area (Å²) in [4.78, 5) is 15.5.